The third-order valence-electron chi connectivity index (χ3n) is 2.80. The van der Waals surface area contributed by atoms with Crippen molar-refractivity contribution in [3.05, 3.63) is 34.1 Å². The van der Waals surface area contributed by atoms with Crippen LogP contribution in [0.3, 0.4) is 0 Å². The summed E-state index contributed by atoms with van der Waals surface area (Å²) in [6.45, 7) is 9.46. The van der Waals surface area contributed by atoms with E-state index in [1.807, 2.05) is 0 Å². The second-order valence-corrected chi connectivity index (χ2v) is 8.74. The summed E-state index contributed by atoms with van der Waals surface area (Å²) < 4.78 is 6.44. The van der Waals surface area contributed by atoms with Gasteiger partial charge in [0.15, 0.2) is 4.34 Å². The minimum atomic E-state index is 0.104. The zero-order valence-corrected chi connectivity index (χ0v) is 16.0. The van der Waals surface area contributed by atoms with Gasteiger partial charge in [-0.3, -0.25) is 0 Å². The minimum absolute atomic E-state index is 0.104. The summed E-state index contributed by atoms with van der Waals surface area (Å²) in [5, 5.41) is 3.54. The van der Waals surface area contributed by atoms with Gasteiger partial charge in [-0.15, -0.1) is 0 Å². The molecule has 6 heteroatoms. The van der Waals surface area contributed by atoms with Gasteiger partial charge in [0.2, 0.25) is 0 Å². The van der Waals surface area contributed by atoms with Crippen LogP contribution in [0.15, 0.2) is 31.9 Å². The van der Waals surface area contributed by atoms with Crippen LogP contribution in [0.25, 0.3) is 0 Å². The average Bonchev–Trinajstić information content (AvgIpc) is 2.84. The number of aromatic nitrogens is 2. The zero-order chi connectivity index (χ0) is 15.5. The number of aryl methyl sites for hydroxylation is 1. The first-order valence-electron chi connectivity index (χ1n) is 6.91. The lowest BCUT2D eigenvalue weighted by atomic mass is 10.1. The lowest BCUT2D eigenvalue weighted by Gasteiger charge is -2.21. The standard InChI is InChI=1S/C15H20BrN3S2/c1-5-13-18-14(21-19-13)20-12-8-11(16)7-6-10(12)9-17-15(2,3)4/h6-8,17H,5,9H2,1-4H3. The van der Waals surface area contributed by atoms with Gasteiger partial charge in [-0.05, 0) is 50.0 Å². The highest BCUT2D eigenvalue weighted by molar-refractivity contribution is 9.10. The number of halogens is 1. The lowest BCUT2D eigenvalue weighted by molar-refractivity contribution is 0.422. The molecule has 0 aliphatic heterocycles. The summed E-state index contributed by atoms with van der Waals surface area (Å²) in [7, 11) is 0. The topological polar surface area (TPSA) is 37.8 Å². The van der Waals surface area contributed by atoms with Gasteiger partial charge in [0.05, 0.1) is 0 Å². The molecule has 1 heterocycles. The van der Waals surface area contributed by atoms with Gasteiger partial charge < -0.3 is 5.32 Å². The Balaban J connectivity index is 2.18. The molecule has 0 unspecified atom stereocenters. The van der Waals surface area contributed by atoms with Crippen molar-refractivity contribution in [3.63, 3.8) is 0 Å². The van der Waals surface area contributed by atoms with Crippen LogP contribution >= 0.6 is 39.2 Å². The summed E-state index contributed by atoms with van der Waals surface area (Å²) in [5.74, 6) is 0.923. The number of rotatable bonds is 5. The van der Waals surface area contributed by atoms with Crippen molar-refractivity contribution >= 4 is 39.2 Å². The van der Waals surface area contributed by atoms with Crippen molar-refractivity contribution < 1.29 is 0 Å². The van der Waals surface area contributed by atoms with E-state index in [1.54, 1.807) is 11.8 Å². The van der Waals surface area contributed by atoms with Gasteiger partial charge >= 0.3 is 0 Å². The van der Waals surface area contributed by atoms with Crippen LogP contribution in [0.2, 0.25) is 0 Å². The molecule has 0 bridgehead atoms. The van der Waals surface area contributed by atoms with E-state index in [1.165, 1.54) is 22.0 Å². The number of hydrogen-bond donors (Lipinski definition) is 1. The molecular weight excluding hydrogens is 366 g/mol. The van der Waals surface area contributed by atoms with Gasteiger partial charge in [-0.2, -0.15) is 4.37 Å². The van der Waals surface area contributed by atoms with E-state index >= 15 is 0 Å². The molecule has 1 aromatic carbocycles. The summed E-state index contributed by atoms with van der Waals surface area (Å²) in [5.41, 5.74) is 1.39. The highest BCUT2D eigenvalue weighted by atomic mass is 79.9. The molecule has 21 heavy (non-hydrogen) atoms. The first-order chi connectivity index (χ1) is 9.87. The molecule has 2 aromatic rings. The Morgan fingerprint density at radius 3 is 2.71 bits per heavy atom. The van der Waals surface area contributed by atoms with Gasteiger partial charge in [-0.1, -0.05) is 40.7 Å². The van der Waals surface area contributed by atoms with E-state index in [4.69, 9.17) is 0 Å². The normalized spacial score (nSPS) is 11.9. The Morgan fingerprint density at radius 1 is 1.33 bits per heavy atom. The molecule has 1 N–H and O–H groups in total. The van der Waals surface area contributed by atoms with Crippen LogP contribution < -0.4 is 5.32 Å². The average molecular weight is 386 g/mol. The van der Waals surface area contributed by atoms with Gasteiger partial charge in [-0.25, -0.2) is 4.98 Å². The third kappa shape index (κ3) is 5.36. The molecule has 1 aromatic heterocycles. The molecule has 0 saturated heterocycles. The number of hydrogen-bond acceptors (Lipinski definition) is 5. The molecule has 0 aliphatic carbocycles. The van der Waals surface area contributed by atoms with E-state index < -0.39 is 0 Å². The summed E-state index contributed by atoms with van der Waals surface area (Å²) in [6.07, 6.45) is 0.883. The highest BCUT2D eigenvalue weighted by Gasteiger charge is 2.13. The predicted molar refractivity (Wildman–Crippen MR) is 94.1 cm³/mol. The van der Waals surface area contributed by atoms with Crippen LogP contribution in [-0.4, -0.2) is 14.9 Å². The lowest BCUT2D eigenvalue weighted by Crippen LogP contribution is -2.35. The van der Waals surface area contributed by atoms with Crippen molar-refractivity contribution in [1.82, 2.24) is 14.7 Å². The quantitative estimate of drug-likeness (QED) is 0.793. The maximum absolute atomic E-state index is 4.54. The van der Waals surface area contributed by atoms with Gasteiger partial charge in [0.25, 0.3) is 0 Å². The number of benzene rings is 1. The summed E-state index contributed by atoms with van der Waals surface area (Å²) in [4.78, 5) is 5.76. The molecule has 0 aliphatic rings. The SMILES string of the molecule is CCc1nsc(Sc2cc(Br)ccc2CNC(C)(C)C)n1. The van der Waals surface area contributed by atoms with Crippen LogP contribution in [-0.2, 0) is 13.0 Å². The predicted octanol–water partition coefficient (Wildman–Crippen LogP) is 4.90. The molecule has 3 nitrogen and oxygen atoms in total. The molecule has 0 amide bonds. The molecule has 0 fully saturated rings. The number of nitrogens with one attached hydrogen (secondary N) is 1. The first kappa shape index (κ1) is 16.9. The fourth-order valence-electron chi connectivity index (χ4n) is 1.65. The van der Waals surface area contributed by atoms with Crippen molar-refractivity contribution in [2.24, 2.45) is 0 Å². The van der Waals surface area contributed by atoms with E-state index in [2.05, 4.69) is 76.5 Å². The van der Waals surface area contributed by atoms with Crippen LogP contribution in [0.4, 0.5) is 0 Å². The van der Waals surface area contributed by atoms with Crippen molar-refractivity contribution in [1.29, 1.82) is 0 Å². The first-order valence-corrected chi connectivity index (χ1v) is 9.29. The van der Waals surface area contributed by atoms with E-state index in [-0.39, 0.29) is 5.54 Å². The molecule has 2 rings (SSSR count). The smallest absolute Gasteiger partial charge is 0.174 e. The molecule has 0 atom stereocenters. The Bertz CT molecular complexity index is 605. The fraction of sp³-hybridized carbons (Fsp3) is 0.467. The molecule has 0 radical (unpaired) electrons. The van der Waals surface area contributed by atoms with Crippen LogP contribution in [0, 0.1) is 0 Å². The second-order valence-electron chi connectivity index (χ2n) is 5.79. The molecule has 0 spiro atoms. The summed E-state index contributed by atoms with van der Waals surface area (Å²) >= 11 is 6.72. The van der Waals surface area contributed by atoms with Gasteiger partial charge in [0.1, 0.15) is 5.82 Å². The van der Waals surface area contributed by atoms with Crippen LogP contribution in [0.1, 0.15) is 39.1 Å². The van der Waals surface area contributed by atoms with Gasteiger partial charge in [0, 0.05) is 27.9 Å². The third-order valence-corrected chi connectivity index (χ3v) is 5.18. The van der Waals surface area contributed by atoms with Crippen molar-refractivity contribution in [2.75, 3.05) is 0 Å². The van der Waals surface area contributed by atoms with E-state index in [9.17, 15) is 0 Å². The Labute approximate surface area is 143 Å². The Kier molecular flexibility index (Phi) is 5.82. The molecular formula is C15H20BrN3S2. The van der Waals surface area contributed by atoms with Crippen molar-refractivity contribution in [3.8, 4) is 0 Å². The Morgan fingerprint density at radius 2 is 2.10 bits per heavy atom. The maximum atomic E-state index is 4.54. The molecule has 0 saturated carbocycles. The van der Waals surface area contributed by atoms with Crippen molar-refractivity contribution in [2.45, 2.75) is 55.4 Å². The fourth-order valence-corrected chi connectivity index (χ4v) is 3.99. The monoisotopic (exact) mass is 385 g/mol. The maximum Gasteiger partial charge on any atom is 0.174 e. The summed E-state index contributed by atoms with van der Waals surface area (Å²) in [6, 6.07) is 6.39. The Hall–Kier alpha value is -0.430. The van der Waals surface area contributed by atoms with E-state index in [0.29, 0.717) is 0 Å². The zero-order valence-electron chi connectivity index (χ0n) is 12.7. The van der Waals surface area contributed by atoms with E-state index in [0.717, 1.165) is 27.6 Å². The van der Waals surface area contributed by atoms with Crippen LogP contribution in [0.5, 0.6) is 0 Å². The largest absolute Gasteiger partial charge is 0.308 e. The highest BCUT2D eigenvalue weighted by Crippen LogP contribution is 2.33. The number of nitrogens with zero attached hydrogens (tertiary/aromatic N) is 2. The molecule has 114 valence electrons. The second kappa shape index (κ2) is 7.22. The minimum Gasteiger partial charge on any atom is -0.308 e.